The van der Waals surface area contributed by atoms with Crippen LogP contribution in [0.2, 0.25) is 5.02 Å². The second-order valence-corrected chi connectivity index (χ2v) is 9.62. The van der Waals surface area contributed by atoms with E-state index in [-0.39, 0.29) is 23.8 Å². The predicted octanol–water partition coefficient (Wildman–Crippen LogP) is 3.43. The summed E-state index contributed by atoms with van der Waals surface area (Å²) < 4.78 is 6.10. The molecule has 1 aromatic rings. The van der Waals surface area contributed by atoms with Gasteiger partial charge in [0, 0.05) is 5.41 Å². The van der Waals surface area contributed by atoms with E-state index in [1.165, 1.54) is 0 Å². The van der Waals surface area contributed by atoms with E-state index < -0.39 is 5.60 Å². The van der Waals surface area contributed by atoms with E-state index >= 15 is 0 Å². The minimum absolute atomic E-state index is 0.0480. The maximum atomic E-state index is 12.2. The zero-order valence-electron chi connectivity index (χ0n) is 16.6. The van der Waals surface area contributed by atoms with Gasteiger partial charge in [0.1, 0.15) is 11.6 Å². The van der Waals surface area contributed by atoms with Crippen LogP contribution in [0, 0.1) is 34.5 Å². The Balaban J connectivity index is 1.60. The molecule has 5 rings (SSSR count). The quantitative estimate of drug-likeness (QED) is 0.548. The zero-order chi connectivity index (χ0) is 20.8. The van der Waals surface area contributed by atoms with Crippen molar-refractivity contribution in [2.45, 2.75) is 57.1 Å². The first-order valence-corrected chi connectivity index (χ1v) is 10.6. The van der Waals surface area contributed by atoms with Crippen LogP contribution in [-0.2, 0) is 4.79 Å². The lowest BCUT2D eigenvalue weighted by Crippen LogP contribution is -2.58. The molecule has 4 bridgehead atoms. The number of ether oxygens (including phenoxy) is 1. The third-order valence-corrected chi connectivity index (χ3v) is 7.48. The number of nitrogens with zero attached hydrogens (tertiary/aromatic N) is 2. The fraction of sp³-hybridized carbons (Fsp3) is 0.591. The Labute approximate surface area is 176 Å². The molecule has 154 valence electrons. The zero-order valence-corrected chi connectivity index (χ0v) is 17.4. The van der Waals surface area contributed by atoms with Crippen molar-refractivity contribution in [2.75, 3.05) is 0 Å². The van der Waals surface area contributed by atoms with Crippen molar-refractivity contribution in [1.29, 1.82) is 5.26 Å². The molecule has 1 aromatic carbocycles. The van der Waals surface area contributed by atoms with Crippen molar-refractivity contribution < 1.29 is 9.53 Å². The van der Waals surface area contributed by atoms with Gasteiger partial charge >= 0.3 is 0 Å². The summed E-state index contributed by atoms with van der Waals surface area (Å²) in [7, 11) is 0. The lowest BCUT2D eigenvalue weighted by molar-refractivity contribution is -0.144. The van der Waals surface area contributed by atoms with Crippen LogP contribution in [0.15, 0.2) is 29.3 Å². The van der Waals surface area contributed by atoms with Gasteiger partial charge in [-0.05, 0) is 68.9 Å². The summed E-state index contributed by atoms with van der Waals surface area (Å²) >= 11 is 6.24. The molecule has 3 atom stereocenters. The summed E-state index contributed by atoms with van der Waals surface area (Å²) in [5.74, 6) is 1.78. The number of rotatable bonds is 6. The van der Waals surface area contributed by atoms with Gasteiger partial charge in [-0.2, -0.15) is 5.26 Å². The topological polar surface area (TPSA) is 114 Å². The smallest absolute Gasteiger partial charge is 0.223 e. The molecule has 0 radical (unpaired) electrons. The Hall–Kier alpha value is -2.26. The van der Waals surface area contributed by atoms with Gasteiger partial charge in [-0.1, -0.05) is 23.7 Å². The first-order valence-electron chi connectivity index (χ1n) is 10.2. The molecule has 4 aliphatic rings. The number of para-hydroxylation sites is 1. The van der Waals surface area contributed by atoms with Crippen molar-refractivity contribution >= 4 is 23.3 Å². The van der Waals surface area contributed by atoms with E-state index in [1.807, 2.05) is 12.1 Å². The first-order chi connectivity index (χ1) is 13.8. The van der Waals surface area contributed by atoms with Crippen molar-refractivity contribution in [2.24, 2.45) is 39.6 Å². The van der Waals surface area contributed by atoms with Crippen molar-refractivity contribution in [3.05, 3.63) is 29.3 Å². The molecule has 7 heteroatoms. The number of carbonyl (C=O) groups is 1. The molecule has 0 spiro atoms. The molecule has 0 aliphatic heterocycles. The molecule has 4 N–H and O–H groups in total. The first kappa shape index (κ1) is 20.0. The maximum Gasteiger partial charge on any atom is 0.223 e. The number of hydrogen-bond donors (Lipinski definition) is 2. The third kappa shape index (κ3) is 3.46. The van der Waals surface area contributed by atoms with Gasteiger partial charge < -0.3 is 16.2 Å². The lowest BCUT2D eigenvalue weighted by atomic mass is 9.48. The number of benzene rings is 1. The van der Waals surface area contributed by atoms with Gasteiger partial charge in [-0.15, -0.1) is 0 Å². The molecule has 4 aliphatic carbocycles. The standard InChI is InChI=1S/C22H27ClN4O2/c1-21(6-7-24,29-17-5-3-2-4-16(17)23)19(25)27-18-14-8-13-9-15(18)12-22(10-13,11-14)20(26)28/h2-5,13-15,18H,6,8-12H2,1H3,(H2,25,27)(H2,26,28). The van der Waals surface area contributed by atoms with E-state index in [1.54, 1.807) is 19.1 Å². The van der Waals surface area contributed by atoms with Crippen LogP contribution in [0.5, 0.6) is 5.75 Å². The van der Waals surface area contributed by atoms with Crippen molar-refractivity contribution in [3.8, 4) is 11.8 Å². The lowest BCUT2D eigenvalue weighted by Gasteiger charge is -2.57. The van der Waals surface area contributed by atoms with Crippen LogP contribution >= 0.6 is 11.6 Å². The number of amidine groups is 1. The van der Waals surface area contributed by atoms with E-state index in [2.05, 4.69) is 6.07 Å². The predicted molar refractivity (Wildman–Crippen MR) is 111 cm³/mol. The monoisotopic (exact) mass is 414 g/mol. The number of primary amides is 1. The minimum atomic E-state index is -1.07. The molecule has 3 unspecified atom stereocenters. The summed E-state index contributed by atoms with van der Waals surface area (Å²) in [6.07, 6.45) is 4.68. The maximum absolute atomic E-state index is 12.2. The third-order valence-electron chi connectivity index (χ3n) is 7.16. The Morgan fingerprint density at radius 3 is 2.55 bits per heavy atom. The number of nitriles is 1. The van der Waals surface area contributed by atoms with E-state index in [9.17, 15) is 10.1 Å². The Morgan fingerprint density at radius 2 is 1.97 bits per heavy atom. The fourth-order valence-corrected chi connectivity index (χ4v) is 6.08. The number of nitrogens with two attached hydrogens (primary N) is 2. The number of amides is 1. The highest BCUT2D eigenvalue weighted by Gasteiger charge is 2.58. The number of aliphatic imine (C=N–C) groups is 1. The Kier molecular flexibility index (Phi) is 4.98. The normalized spacial score (nSPS) is 35.0. The molecule has 4 fully saturated rings. The van der Waals surface area contributed by atoms with Crippen LogP contribution in [0.1, 0.15) is 45.4 Å². The SMILES string of the molecule is CC(CC#N)(Oc1ccccc1Cl)C(N)=NC1C2CC3CC1CC(C(N)=O)(C3)C2. The Bertz CT molecular complexity index is 879. The summed E-state index contributed by atoms with van der Waals surface area (Å²) in [6, 6.07) is 9.34. The van der Waals surface area contributed by atoms with Crippen LogP contribution in [-0.4, -0.2) is 23.4 Å². The van der Waals surface area contributed by atoms with Gasteiger partial charge in [0.25, 0.3) is 0 Å². The van der Waals surface area contributed by atoms with Gasteiger partial charge in [0.05, 0.1) is 23.6 Å². The van der Waals surface area contributed by atoms with Crippen molar-refractivity contribution in [3.63, 3.8) is 0 Å². The molecular formula is C22H27ClN4O2. The van der Waals surface area contributed by atoms with Gasteiger partial charge in [0.2, 0.25) is 5.91 Å². The highest BCUT2D eigenvalue weighted by atomic mass is 35.5. The fourth-order valence-electron chi connectivity index (χ4n) is 5.91. The van der Waals surface area contributed by atoms with E-state index in [0.717, 1.165) is 32.1 Å². The molecular weight excluding hydrogens is 388 g/mol. The van der Waals surface area contributed by atoms with Gasteiger partial charge in [-0.25, -0.2) is 0 Å². The number of carbonyl (C=O) groups excluding carboxylic acids is 1. The molecule has 6 nitrogen and oxygen atoms in total. The van der Waals surface area contributed by atoms with E-state index in [0.29, 0.717) is 34.4 Å². The summed E-state index contributed by atoms with van der Waals surface area (Å²) in [5, 5.41) is 9.84. The second kappa shape index (κ2) is 7.21. The van der Waals surface area contributed by atoms with E-state index in [4.69, 9.17) is 32.8 Å². The number of hydrogen-bond acceptors (Lipinski definition) is 4. The summed E-state index contributed by atoms with van der Waals surface area (Å²) in [4.78, 5) is 17.1. The van der Waals surface area contributed by atoms with Crippen LogP contribution in [0.3, 0.4) is 0 Å². The minimum Gasteiger partial charge on any atom is -0.477 e. The summed E-state index contributed by atoms with van der Waals surface area (Å²) in [6.45, 7) is 1.78. The van der Waals surface area contributed by atoms with Gasteiger partial charge in [0.15, 0.2) is 5.60 Å². The molecule has 1 amide bonds. The number of halogens is 1. The van der Waals surface area contributed by atoms with Crippen LogP contribution < -0.4 is 16.2 Å². The average Bonchev–Trinajstić information content (AvgIpc) is 2.66. The second-order valence-electron chi connectivity index (χ2n) is 9.22. The molecule has 4 saturated carbocycles. The van der Waals surface area contributed by atoms with Gasteiger partial charge in [-0.3, -0.25) is 9.79 Å². The molecule has 0 heterocycles. The molecule has 0 saturated heterocycles. The van der Waals surface area contributed by atoms with Crippen LogP contribution in [0.25, 0.3) is 0 Å². The molecule has 29 heavy (non-hydrogen) atoms. The summed E-state index contributed by atoms with van der Waals surface area (Å²) in [5.41, 5.74) is 10.8. The van der Waals surface area contributed by atoms with Crippen LogP contribution in [0.4, 0.5) is 0 Å². The Morgan fingerprint density at radius 1 is 1.31 bits per heavy atom. The highest BCUT2D eigenvalue weighted by molar-refractivity contribution is 6.32. The highest BCUT2D eigenvalue weighted by Crippen LogP contribution is 2.60. The largest absolute Gasteiger partial charge is 0.477 e. The molecule has 0 aromatic heterocycles. The van der Waals surface area contributed by atoms with Crippen molar-refractivity contribution in [1.82, 2.24) is 0 Å². The average molecular weight is 415 g/mol.